The maximum atomic E-state index is 13.8. The van der Waals surface area contributed by atoms with Crippen LogP contribution in [0, 0.1) is 0 Å². The number of alkyl halides is 14. The molecule has 0 aliphatic rings. The van der Waals surface area contributed by atoms with Crippen LogP contribution in [0.25, 0.3) is 33.8 Å². The van der Waals surface area contributed by atoms with Gasteiger partial charge in [-0.15, -0.1) is 20.4 Å². The van der Waals surface area contributed by atoms with Gasteiger partial charge in [-0.3, -0.25) is 18.8 Å². The summed E-state index contributed by atoms with van der Waals surface area (Å²) in [6.07, 6.45) is -5.54. The normalized spacial score (nSPS) is 12.6. The molecule has 6 aromatic heterocycles. The standard InChI is InChI=1S/C16H14F5N5O2.C15H11ClF5N5O.CF3O2S.CH4.Ag.O/c1-14(2,16(19,20)21)28-12-5-4-9(6-23-12)10-8-26-11(7-22-10)24-25-13(26)15(17,18)27-3;1-13(2,15(19,20)21)27-11-4-3-8(5-23-11)9-7-26-10(6-22-9)24-25-12(26)14(16,17)18;2-1(3,4)7(5)6;;;/h4-8H,1-3H3;3-7H,1-2H3;;1H4;;/q;;-1;;;. The van der Waals surface area contributed by atoms with Gasteiger partial charge in [0.1, 0.15) is 0 Å². The third kappa shape index (κ3) is 14.2. The van der Waals surface area contributed by atoms with Gasteiger partial charge in [0.15, 0.2) is 22.5 Å². The van der Waals surface area contributed by atoms with Crippen molar-refractivity contribution >= 4 is 33.6 Å². The zero-order valence-corrected chi connectivity index (χ0v) is 35.3. The number of halogens is 14. The van der Waals surface area contributed by atoms with Crippen LogP contribution in [0.5, 0.6) is 11.8 Å². The van der Waals surface area contributed by atoms with Crippen LogP contribution in [0.4, 0.5) is 57.1 Å². The minimum absolute atomic E-state index is 0. The Morgan fingerprint density at radius 2 is 0.938 bits per heavy atom. The molecule has 0 fully saturated rings. The monoisotopic (exact) mass is 1080 g/mol. The second-order valence-corrected chi connectivity index (χ2v) is 14.3. The molecule has 0 aromatic carbocycles. The Labute approximate surface area is 375 Å². The minimum atomic E-state index is -5.08. The van der Waals surface area contributed by atoms with E-state index in [1.807, 2.05) is 0 Å². The van der Waals surface area contributed by atoms with Crippen molar-refractivity contribution in [2.45, 2.75) is 75.7 Å². The number of fused-ring (bicyclic) bond motifs is 2. The Balaban J connectivity index is 0.000000373. The van der Waals surface area contributed by atoms with Gasteiger partial charge in [-0.1, -0.05) is 7.43 Å². The van der Waals surface area contributed by atoms with E-state index in [9.17, 15) is 57.1 Å². The van der Waals surface area contributed by atoms with E-state index >= 15 is 0 Å². The first-order valence-electron chi connectivity index (χ1n) is 16.4. The summed E-state index contributed by atoms with van der Waals surface area (Å²) in [5.41, 5.74) is -8.69. The molecule has 0 spiro atoms. The number of rotatable bonds is 9. The zero-order valence-electron chi connectivity index (χ0n) is 32.2. The fraction of sp³-hybridized carbons (Fsp3) is 0.394. The Kier molecular flexibility index (Phi) is 18.1. The molecule has 6 aromatic rings. The predicted octanol–water partition coefficient (Wildman–Crippen LogP) is 9.13. The van der Waals surface area contributed by atoms with Gasteiger partial charge in [-0.05, 0) is 51.4 Å². The molecule has 363 valence electrons. The van der Waals surface area contributed by atoms with Gasteiger partial charge < -0.3 is 22.6 Å². The van der Waals surface area contributed by atoms with Crippen molar-refractivity contribution in [1.82, 2.24) is 49.1 Å². The van der Waals surface area contributed by atoms with Crippen LogP contribution >= 0.6 is 11.6 Å². The number of pyridine rings is 2. The van der Waals surface area contributed by atoms with E-state index in [4.69, 9.17) is 32.7 Å². The van der Waals surface area contributed by atoms with E-state index in [1.54, 1.807) is 21.0 Å². The van der Waals surface area contributed by atoms with Crippen LogP contribution in [-0.4, -0.2) is 85.3 Å². The van der Waals surface area contributed by atoms with Crippen molar-refractivity contribution < 1.29 is 104 Å². The average molecular weight is 1080 g/mol. The molecular weight excluding hydrogens is 1050 g/mol. The summed E-state index contributed by atoms with van der Waals surface area (Å²) in [6, 6.07) is 5.25. The number of methoxy groups -OCH3 is 1. The number of hydrogen-bond donors (Lipinski definition) is 0. The molecule has 0 amide bonds. The van der Waals surface area contributed by atoms with E-state index < -0.39 is 62.9 Å². The first-order valence-corrected chi connectivity index (χ1v) is 18.5. The molecule has 0 aliphatic heterocycles. The molecule has 0 N–H and O–H groups in total. The average Bonchev–Trinajstić information content (AvgIpc) is 3.83. The summed E-state index contributed by atoms with van der Waals surface area (Å²) in [5.74, 6) is -2.03. The van der Waals surface area contributed by atoms with Crippen molar-refractivity contribution in [1.29, 1.82) is 0 Å². The van der Waals surface area contributed by atoms with E-state index in [0.29, 0.717) is 11.1 Å². The van der Waals surface area contributed by atoms with Crippen molar-refractivity contribution in [2.75, 3.05) is 7.11 Å². The number of nitrogens with zero attached hydrogens (tertiary/aromatic N) is 10. The molecule has 0 aliphatic carbocycles. The van der Waals surface area contributed by atoms with E-state index in [1.165, 1.54) is 61.4 Å². The van der Waals surface area contributed by atoms with Gasteiger partial charge in [0.05, 0.1) is 23.8 Å². The molecule has 0 saturated carbocycles. The van der Waals surface area contributed by atoms with Crippen LogP contribution in [0.15, 0.2) is 61.4 Å². The topological polar surface area (TPSA) is 191 Å². The molecule has 16 nitrogen and oxygen atoms in total. The molecule has 0 atom stereocenters. The fourth-order valence-electron chi connectivity index (χ4n) is 4.21. The van der Waals surface area contributed by atoms with Crippen molar-refractivity contribution in [3.05, 3.63) is 73.1 Å². The Morgan fingerprint density at radius 3 is 1.23 bits per heavy atom. The first kappa shape index (κ1) is 56.0. The van der Waals surface area contributed by atoms with E-state index in [2.05, 4.69) is 45.1 Å². The fourth-order valence-corrected chi connectivity index (χ4v) is 4.34. The quantitative estimate of drug-likeness (QED) is 0.0576. The van der Waals surface area contributed by atoms with Gasteiger partial charge in [0.25, 0.3) is 0 Å². The van der Waals surface area contributed by atoms with Gasteiger partial charge >= 0.3 is 53.6 Å². The van der Waals surface area contributed by atoms with Crippen molar-refractivity contribution in [2.24, 2.45) is 0 Å². The summed E-state index contributed by atoms with van der Waals surface area (Å²) >= 11 is 6.70. The molecule has 0 radical (unpaired) electrons. The van der Waals surface area contributed by atoms with Crippen molar-refractivity contribution in [3.8, 4) is 34.3 Å². The SMILES string of the molecule is C.CC(C)(Oc1ccc(-c2cn3c(C(F)(F)Cl)nnc3cn2)cn1)C(F)(F)F.COC(F)(F)c1nnc2cnc(-c3ccc(OC(C)(C)C(F)(F)F)nc3)cn12.O=[S-](=O)C(F)(F)F.[O]=[Ag]. The molecule has 0 bridgehead atoms. The molecule has 0 unspecified atom stereocenters. The second-order valence-electron chi connectivity index (χ2n) is 12.9. The summed E-state index contributed by atoms with van der Waals surface area (Å²) in [7, 11) is -3.11. The van der Waals surface area contributed by atoms with Crippen LogP contribution in [0.1, 0.15) is 46.8 Å². The first-order chi connectivity index (χ1) is 29.3. The third-order valence-corrected chi connectivity index (χ3v) is 8.24. The Morgan fingerprint density at radius 1 is 0.585 bits per heavy atom. The molecule has 0 saturated heterocycles. The predicted molar refractivity (Wildman–Crippen MR) is 192 cm³/mol. The number of hydrogen-bond acceptors (Lipinski definition) is 15. The number of ether oxygens (including phenoxy) is 3. The van der Waals surface area contributed by atoms with Crippen LogP contribution in [-0.2, 0) is 59.6 Å². The zero-order chi connectivity index (χ0) is 48.9. The maximum absolute atomic E-state index is 13.8. The Hall–Kier alpha value is -5.17. The van der Waals surface area contributed by atoms with E-state index in [0.717, 1.165) is 43.6 Å². The van der Waals surface area contributed by atoms with E-state index in [-0.39, 0.29) is 41.9 Å². The molecule has 32 heteroatoms. The molecule has 6 rings (SSSR count). The number of aromatic nitrogens is 10. The van der Waals surface area contributed by atoms with Gasteiger partial charge in [0.2, 0.25) is 23.4 Å². The van der Waals surface area contributed by atoms with Gasteiger partial charge in [-0.2, -0.15) is 57.1 Å². The summed E-state index contributed by atoms with van der Waals surface area (Å²) < 4.78 is 205. The van der Waals surface area contributed by atoms with Crippen LogP contribution in [0.2, 0.25) is 0 Å². The van der Waals surface area contributed by atoms with Crippen LogP contribution in [0.3, 0.4) is 0 Å². The van der Waals surface area contributed by atoms with Gasteiger partial charge in [0, 0.05) is 65.9 Å². The third-order valence-electron chi connectivity index (χ3n) is 7.69. The van der Waals surface area contributed by atoms with Crippen LogP contribution < -0.4 is 9.47 Å². The second kappa shape index (κ2) is 21.0. The summed E-state index contributed by atoms with van der Waals surface area (Å²) in [6.45, 7) is 3.50. The van der Waals surface area contributed by atoms with Gasteiger partial charge in [-0.25, -0.2) is 9.97 Å². The molecule has 6 heterocycles. The molecule has 65 heavy (non-hydrogen) atoms. The summed E-state index contributed by atoms with van der Waals surface area (Å²) in [4.78, 5) is 15.8. The summed E-state index contributed by atoms with van der Waals surface area (Å²) in [5, 5.41) is 10.1. The van der Waals surface area contributed by atoms with Crippen molar-refractivity contribution in [3.63, 3.8) is 0 Å². The Bertz CT molecular complexity index is 2580. The molecular formula is C33H29AgClF13N10O6S-.